The van der Waals surface area contributed by atoms with Gasteiger partial charge in [-0.1, -0.05) is 53.5 Å². The maximum absolute atomic E-state index is 12.3. The highest BCUT2D eigenvalue weighted by Gasteiger charge is 2.10. The molecule has 4 nitrogen and oxygen atoms in total. The first-order valence-electron chi connectivity index (χ1n) is 8.42. The van der Waals surface area contributed by atoms with Gasteiger partial charge in [-0.3, -0.25) is 4.79 Å². The number of carbonyl (C=O) groups is 2. The van der Waals surface area contributed by atoms with E-state index in [9.17, 15) is 9.59 Å². The standard InChI is InChI=1S/C22H16Cl2O4/c1-14(25)28-20-10-7-16(8-11-20)15-2-4-17(5-3-15)22(26)27-13-18-6-9-19(23)12-21(18)24/h2-12H,13H2,1H3. The maximum atomic E-state index is 12.3. The number of benzene rings is 3. The van der Waals surface area contributed by atoms with E-state index in [1.165, 1.54) is 6.92 Å². The van der Waals surface area contributed by atoms with Crippen molar-refractivity contribution in [1.29, 1.82) is 0 Å². The lowest BCUT2D eigenvalue weighted by Gasteiger charge is -2.08. The van der Waals surface area contributed by atoms with Crippen LogP contribution in [0, 0.1) is 0 Å². The van der Waals surface area contributed by atoms with Crippen LogP contribution in [0.2, 0.25) is 10.0 Å². The van der Waals surface area contributed by atoms with Crippen LogP contribution in [0.15, 0.2) is 66.7 Å². The minimum atomic E-state index is -0.442. The predicted octanol–water partition coefficient (Wildman–Crippen LogP) is 5.94. The molecule has 28 heavy (non-hydrogen) atoms. The van der Waals surface area contributed by atoms with Gasteiger partial charge in [0.1, 0.15) is 12.4 Å². The Hall–Kier alpha value is -2.82. The number of hydrogen-bond acceptors (Lipinski definition) is 4. The zero-order chi connectivity index (χ0) is 20.1. The molecular weight excluding hydrogens is 399 g/mol. The molecule has 3 aromatic rings. The molecule has 0 aliphatic carbocycles. The van der Waals surface area contributed by atoms with Gasteiger partial charge in [0.25, 0.3) is 0 Å². The van der Waals surface area contributed by atoms with E-state index in [1.54, 1.807) is 42.5 Å². The average molecular weight is 415 g/mol. The molecule has 0 amide bonds. The molecule has 0 aliphatic heterocycles. The largest absolute Gasteiger partial charge is 0.457 e. The normalized spacial score (nSPS) is 10.4. The zero-order valence-corrected chi connectivity index (χ0v) is 16.5. The molecule has 142 valence electrons. The highest BCUT2D eigenvalue weighted by molar-refractivity contribution is 6.35. The summed E-state index contributed by atoms with van der Waals surface area (Å²) in [4.78, 5) is 23.2. The van der Waals surface area contributed by atoms with Gasteiger partial charge in [-0.05, 0) is 47.5 Å². The van der Waals surface area contributed by atoms with Crippen molar-refractivity contribution in [2.75, 3.05) is 0 Å². The van der Waals surface area contributed by atoms with Crippen LogP contribution in [0.1, 0.15) is 22.8 Å². The van der Waals surface area contributed by atoms with Crippen LogP contribution in [-0.4, -0.2) is 11.9 Å². The summed E-state index contributed by atoms with van der Waals surface area (Å²) < 4.78 is 10.3. The highest BCUT2D eigenvalue weighted by Crippen LogP contribution is 2.24. The van der Waals surface area contributed by atoms with Crippen molar-refractivity contribution in [2.24, 2.45) is 0 Å². The fourth-order valence-electron chi connectivity index (χ4n) is 2.55. The molecule has 0 atom stereocenters. The van der Waals surface area contributed by atoms with Crippen LogP contribution in [0.3, 0.4) is 0 Å². The van der Waals surface area contributed by atoms with Crippen molar-refractivity contribution in [1.82, 2.24) is 0 Å². The third kappa shape index (κ3) is 5.12. The minimum absolute atomic E-state index is 0.0637. The molecule has 0 radical (unpaired) electrons. The first-order chi connectivity index (χ1) is 13.4. The molecule has 0 saturated heterocycles. The molecule has 0 saturated carbocycles. The maximum Gasteiger partial charge on any atom is 0.338 e. The van der Waals surface area contributed by atoms with Crippen molar-refractivity contribution in [3.63, 3.8) is 0 Å². The molecule has 0 heterocycles. The summed E-state index contributed by atoms with van der Waals surface area (Å²) in [7, 11) is 0. The van der Waals surface area contributed by atoms with Gasteiger partial charge in [-0.25, -0.2) is 4.79 Å². The fraction of sp³-hybridized carbons (Fsp3) is 0.0909. The fourth-order valence-corrected chi connectivity index (χ4v) is 3.01. The molecule has 0 N–H and O–H groups in total. The summed E-state index contributed by atoms with van der Waals surface area (Å²) in [6.07, 6.45) is 0. The van der Waals surface area contributed by atoms with Crippen LogP contribution in [0.4, 0.5) is 0 Å². The van der Waals surface area contributed by atoms with Gasteiger partial charge in [0.15, 0.2) is 0 Å². The van der Waals surface area contributed by atoms with Gasteiger partial charge < -0.3 is 9.47 Å². The lowest BCUT2D eigenvalue weighted by Crippen LogP contribution is -2.05. The number of hydrogen-bond donors (Lipinski definition) is 0. The molecule has 0 unspecified atom stereocenters. The van der Waals surface area contributed by atoms with Crippen LogP contribution >= 0.6 is 23.2 Å². The van der Waals surface area contributed by atoms with Crippen molar-refractivity contribution < 1.29 is 19.1 Å². The first-order valence-corrected chi connectivity index (χ1v) is 9.18. The second kappa shape index (κ2) is 8.91. The Morgan fingerprint density at radius 3 is 2.04 bits per heavy atom. The smallest absolute Gasteiger partial charge is 0.338 e. The van der Waals surface area contributed by atoms with Gasteiger partial charge in [0.05, 0.1) is 5.56 Å². The molecule has 3 aromatic carbocycles. The third-order valence-electron chi connectivity index (χ3n) is 3.94. The summed E-state index contributed by atoms with van der Waals surface area (Å²) in [5.74, 6) is -0.324. The molecule has 0 aliphatic rings. The van der Waals surface area contributed by atoms with E-state index in [4.69, 9.17) is 32.7 Å². The first kappa shape index (κ1) is 19.9. The van der Waals surface area contributed by atoms with E-state index in [0.29, 0.717) is 26.9 Å². The van der Waals surface area contributed by atoms with Gasteiger partial charge in [-0.15, -0.1) is 0 Å². The Bertz CT molecular complexity index is 996. The van der Waals surface area contributed by atoms with Crippen molar-refractivity contribution in [3.05, 3.63) is 87.9 Å². The second-order valence-electron chi connectivity index (χ2n) is 6.01. The van der Waals surface area contributed by atoms with Crippen molar-refractivity contribution >= 4 is 35.1 Å². The molecule has 0 spiro atoms. The van der Waals surface area contributed by atoms with Gasteiger partial charge in [0.2, 0.25) is 0 Å². The van der Waals surface area contributed by atoms with Crippen LogP contribution < -0.4 is 4.74 Å². The van der Waals surface area contributed by atoms with E-state index >= 15 is 0 Å². The number of halogens is 2. The monoisotopic (exact) mass is 414 g/mol. The summed E-state index contributed by atoms with van der Waals surface area (Å²) in [5.41, 5.74) is 2.98. The number of carbonyl (C=O) groups excluding carboxylic acids is 2. The zero-order valence-electron chi connectivity index (χ0n) is 14.9. The van der Waals surface area contributed by atoms with E-state index in [1.807, 2.05) is 24.3 Å². The molecule has 3 rings (SSSR count). The van der Waals surface area contributed by atoms with Crippen molar-refractivity contribution in [2.45, 2.75) is 13.5 Å². The Morgan fingerprint density at radius 2 is 1.46 bits per heavy atom. The van der Waals surface area contributed by atoms with Crippen LogP contribution in [0.5, 0.6) is 5.75 Å². The summed E-state index contributed by atoms with van der Waals surface area (Å²) in [6, 6.07) is 19.2. The quantitative estimate of drug-likeness (QED) is 0.382. The Kier molecular flexibility index (Phi) is 6.34. The van der Waals surface area contributed by atoms with Gasteiger partial charge in [-0.2, -0.15) is 0 Å². The Morgan fingerprint density at radius 1 is 0.857 bits per heavy atom. The van der Waals surface area contributed by atoms with E-state index in [2.05, 4.69) is 0 Å². The topological polar surface area (TPSA) is 52.6 Å². The van der Waals surface area contributed by atoms with E-state index < -0.39 is 5.97 Å². The SMILES string of the molecule is CC(=O)Oc1ccc(-c2ccc(C(=O)OCc3ccc(Cl)cc3Cl)cc2)cc1. The molecule has 0 bridgehead atoms. The van der Waals surface area contributed by atoms with E-state index in [-0.39, 0.29) is 12.6 Å². The van der Waals surface area contributed by atoms with E-state index in [0.717, 1.165) is 11.1 Å². The van der Waals surface area contributed by atoms with Crippen molar-refractivity contribution in [3.8, 4) is 16.9 Å². The molecular formula is C22H16Cl2O4. The van der Waals surface area contributed by atoms with Crippen LogP contribution in [-0.2, 0) is 16.1 Å². The minimum Gasteiger partial charge on any atom is -0.457 e. The number of esters is 2. The Labute approximate surface area is 172 Å². The summed E-state index contributed by atoms with van der Waals surface area (Å²) in [6.45, 7) is 1.42. The van der Waals surface area contributed by atoms with Crippen LogP contribution in [0.25, 0.3) is 11.1 Å². The number of ether oxygens (including phenoxy) is 2. The highest BCUT2D eigenvalue weighted by atomic mass is 35.5. The third-order valence-corrected chi connectivity index (χ3v) is 4.53. The number of rotatable bonds is 5. The molecule has 6 heteroatoms. The summed E-state index contributed by atoms with van der Waals surface area (Å²) >= 11 is 11.9. The lowest BCUT2D eigenvalue weighted by atomic mass is 10.0. The second-order valence-corrected chi connectivity index (χ2v) is 6.85. The lowest BCUT2D eigenvalue weighted by molar-refractivity contribution is -0.131. The summed E-state index contributed by atoms with van der Waals surface area (Å²) in [5, 5.41) is 0.976. The van der Waals surface area contributed by atoms with Gasteiger partial charge in [0, 0.05) is 22.5 Å². The Balaban J connectivity index is 1.64. The molecule has 0 fully saturated rings. The molecule has 0 aromatic heterocycles. The average Bonchev–Trinajstić information content (AvgIpc) is 2.67. The van der Waals surface area contributed by atoms with Gasteiger partial charge >= 0.3 is 11.9 Å². The predicted molar refractivity (Wildman–Crippen MR) is 109 cm³/mol.